The number of carbonyl (C=O) groups excluding carboxylic acids is 1. The molecular formula is C12H22O3. The summed E-state index contributed by atoms with van der Waals surface area (Å²) in [5.74, 6) is 0.502. The topological polar surface area (TPSA) is 35.5 Å². The van der Waals surface area contributed by atoms with Crippen LogP contribution in [0.5, 0.6) is 0 Å². The molecule has 88 valence electrons. The van der Waals surface area contributed by atoms with Crippen molar-refractivity contribution in [3.05, 3.63) is 0 Å². The van der Waals surface area contributed by atoms with Crippen LogP contribution in [0.2, 0.25) is 0 Å². The number of Topliss-reactive ketones (excluding diaryl/α,β-unsaturated/α-hetero) is 1. The summed E-state index contributed by atoms with van der Waals surface area (Å²) in [5.41, 5.74) is 0. The lowest BCUT2D eigenvalue weighted by Gasteiger charge is -2.16. The van der Waals surface area contributed by atoms with E-state index in [0.29, 0.717) is 12.5 Å². The third kappa shape index (κ3) is 3.02. The van der Waals surface area contributed by atoms with Crippen molar-refractivity contribution in [3.8, 4) is 0 Å². The zero-order valence-electron chi connectivity index (χ0n) is 10.2. The van der Waals surface area contributed by atoms with Gasteiger partial charge >= 0.3 is 0 Å². The van der Waals surface area contributed by atoms with Crippen molar-refractivity contribution in [2.45, 2.75) is 46.3 Å². The molecule has 3 heteroatoms. The first-order valence-electron chi connectivity index (χ1n) is 5.83. The Balaban J connectivity index is 2.44. The first-order valence-corrected chi connectivity index (χ1v) is 5.83. The molecule has 0 aliphatic carbocycles. The maximum Gasteiger partial charge on any atom is 0.164 e. The summed E-state index contributed by atoms with van der Waals surface area (Å²) in [7, 11) is 0. The summed E-state index contributed by atoms with van der Waals surface area (Å²) < 4.78 is 10.9. The molecule has 3 nitrogen and oxygen atoms in total. The maximum absolute atomic E-state index is 11.9. The largest absolute Gasteiger partial charge is 0.375 e. The molecule has 0 aromatic heterocycles. The number of hydrogen-bond donors (Lipinski definition) is 0. The van der Waals surface area contributed by atoms with Crippen LogP contribution < -0.4 is 0 Å². The Hall–Kier alpha value is -0.410. The van der Waals surface area contributed by atoms with E-state index in [2.05, 4.69) is 6.92 Å². The molecule has 0 amide bonds. The molecule has 0 saturated carbocycles. The fourth-order valence-electron chi connectivity index (χ4n) is 2.23. The highest BCUT2D eigenvalue weighted by Crippen LogP contribution is 2.32. The Morgan fingerprint density at radius 2 is 1.93 bits per heavy atom. The quantitative estimate of drug-likeness (QED) is 0.657. The van der Waals surface area contributed by atoms with E-state index < -0.39 is 0 Å². The fraction of sp³-hybridized carbons (Fsp3) is 0.917. The van der Waals surface area contributed by atoms with Crippen molar-refractivity contribution in [2.75, 3.05) is 13.2 Å². The van der Waals surface area contributed by atoms with Gasteiger partial charge in [-0.2, -0.15) is 0 Å². The van der Waals surface area contributed by atoms with Crippen LogP contribution in [-0.2, 0) is 14.3 Å². The summed E-state index contributed by atoms with van der Waals surface area (Å²) in [6.07, 6.45) is 1.17. The zero-order chi connectivity index (χ0) is 11.4. The van der Waals surface area contributed by atoms with Gasteiger partial charge in [0.05, 0.1) is 18.1 Å². The van der Waals surface area contributed by atoms with Crippen molar-refractivity contribution in [1.29, 1.82) is 0 Å². The lowest BCUT2D eigenvalue weighted by atomic mass is 9.86. The van der Waals surface area contributed by atoms with Crippen molar-refractivity contribution < 1.29 is 14.3 Å². The van der Waals surface area contributed by atoms with E-state index in [1.165, 1.54) is 0 Å². The summed E-state index contributed by atoms with van der Waals surface area (Å²) in [6.45, 7) is 9.03. The van der Waals surface area contributed by atoms with Crippen LogP contribution in [0.25, 0.3) is 0 Å². The number of hydrogen-bond acceptors (Lipinski definition) is 3. The third-order valence-corrected chi connectivity index (χ3v) is 3.21. The van der Waals surface area contributed by atoms with E-state index in [-0.39, 0.29) is 30.5 Å². The second kappa shape index (κ2) is 5.61. The molecule has 0 radical (unpaired) electrons. The molecule has 4 atom stereocenters. The van der Waals surface area contributed by atoms with Gasteiger partial charge in [-0.15, -0.1) is 0 Å². The molecule has 0 aromatic carbocycles. The molecule has 0 spiro atoms. The molecule has 0 N–H and O–H groups in total. The molecular weight excluding hydrogens is 192 g/mol. The number of rotatable bonds is 5. The van der Waals surface area contributed by atoms with Gasteiger partial charge in [0.1, 0.15) is 6.61 Å². The molecule has 0 aromatic rings. The molecule has 1 aliphatic rings. The lowest BCUT2D eigenvalue weighted by Crippen LogP contribution is -2.30. The molecule has 4 unspecified atom stereocenters. The van der Waals surface area contributed by atoms with Crippen molar-refractivity contribution >= 4 is 5.78 Å². The van der Waals surface area contributed by atoms with Gasteiger partial charge in [-0.05, 0) is 26.2 Å². The summed E-state index contributed by atoms with van der Waals surface area (Å²) >= 11 is 0. The van der Waals surface area contributed by atoms with Crippen molar-refractivity contribution in [3.63, 3.8) is 0 Å². The van der Waals surface area contributed by atoms with Crippen LogP contribution in [-0.4, -0.2) is 31.2 Å². The second-order valence-electron chi connectivity index (χ2n) is 4.45. The van der Waals surface area contributed by atoms with E-state index in [1.54, 1.807) is 0 Å². The van der Waals surface area contributed by atoms with Crippen molar-refractivity contribution in [1.82, 2.24) is 0 Å². The molecule has 0 bridgehead atoms. The smallest absolute Gasteiger partial charge is 0.164 e. The standard InChI is InChI=1S/C12H22O3/c1-5-6-14-7-11(13)12-8(2)9(3)15-10(12)4/h8-10,12H,5-7H2,1-4H3. The Kier molecular flexibility index (Phi) is 4.74. The predicted molar refractivity (Wildman–Crippen MR) is 58.8 cm³/mol. The summed E-state index contributed by atoms with van der Waals surface area (Å²) in [6, 6.07) is 0. The van der Waals surface area contributed by atoms with Crippen LogP contribution in [0.4, 0.5) is 0 Å². The second-order valence-corrected chi connectivity index (χ2v) is 4.45. The van der Waals surface area contributed by atoms with Crippen LogP contribution in [0, 0.1) is 11.8 Å². The van der Waals surface area contributed by atoms with Crippen LogP contribution >= 0.6 is 0 Å². The van der Waals surface area contributed by atoms with Gasteiger partial charge in [0.2, 0.25) is 0 Å². The van der Waals surface area contributed by atoms with Crippen LogP contribution in [0.3, 0.4) is 0 Å². The molecule has 1 rings (SSSR count). The third-order valence-electron chi connectivity index (χ3n) is 3.21. The first kappa shape index (κ1) is 12.7. The van der Waals surface area contributed by atoms with Gasteiger partial charge in [0.25, 0.3) is 0 Å². The van der Waals surface area contributed by atoms with Crippen molar-refractivity contribution in [2.24, 2.45) is 11.8 Å². The molecule has 1 saturated heterocycles. The maximum atomic E-state index is 11.9. The molecule has 1 heterocycles. The Morgan fingerprint density at radius 3 is 2.40 bits per heavy atom. The highest BCUT2D eigenvalue weighted by atomic mass is 16.5. The first-order chi connectivity index (χ1) is 7.07. The average Bonchev–Trinajstić information content (AvgIpc) is 2.41. The van der Waals surface area contributed by atoms with E-state index in [0.717, 1.165) is 6.42 Å². The van der Waals surface area contributed by atoms with Gasteiger partial charge in [0.15, 0.2) is 5.78 Å². The molecule has 1 fully saturated rings. The highest BCUT2D eigenvalue weighted by molar-refractivity contribution is 5.83. The lowest BCUT2D eigenvalue weighted by molar-refractivity contribution is -0.129. The number of ether oxygens (including phenoxy) is 2. The number of carbonyl (C=O) groups is 1. The average molecular weight is 214 g/mol. The normalized spacial score (nSPS) is 35.7. The monoisotopic (exact) mass is 214 g/mol. The highest BCUT2D eigenvalue weighted by Gasteiger charge is 2.41. The minimum Gasteiger partial charge on any atom is -0.375 e. The van der Waals surface area contributed by atoms with E-state index in [9.17, 15) is 4.79 Å². The number of ketones is 1. The van der Waals surface area contributed by atoms with Gasteiger partial charge in [-0.1, -0.05) is 13.8 Å². The Morgan fingerprint density at radius 1 is 1.27 bits per heavy atom. The summed E-state index contributed by atoms with van der Waals surface area (Å²) in [5, 5.41) is 0. The van der Waals surface area contributed by atoms with E-state index in [1.807, 2.05) is 20.8 Å². The molecule has 1 aliphatic heterocycles. The van der Waals surface area contributed by atoms with E-state index >= 15 is 0 Å². The van der Waals surface area contributed by atoms with Gasteiger partial charge in [0, 0.05) is 6.61 Å². The summed E-state index contributed by atoms with van der Waals surface area (Å²) in [4.78, 5) is 11.9. The molecule has 15 heavy (non-hydrogen) atoms. The minimum atomic E-state index is 0.0110. The Bertz CT molecular complexity index is 215. The minimum absolute atomic E-state index is 0.0110. The van der Waals surface area contributed by atoms with Crippen LogP contribution in [0.1, 0.15) is 34.1 Å². The van der Waals surface area contributed by atoms with Gasteiger partial charge < -0.3 is 9.47 Å². The zero-order valence-corrected chi connectivity index (χ0v) is 10.2. The van der Waals surface area contributed by atoms with Crippen LogP contribution in [0.15, 0.2) is 0 Å². The predicted octanol–water partition coefficient (Wildman–Crippen LogP) is 2.04. The SMILES string of the molecule is CCCOCC(=O)C1C(C)OC(C)C1C. The Labute approximate surface area is 92.1 Å². The van der Waals surface area contributed by atoms with Gasteiger partial charge in [-0.25, -0.2) is 0 Å². The van der Waals surface area contributed by atoms with Gasteiger partial charge in [-0.3, -0.25) is 4.79 Å². The van der Waals surface area contributed by atoms with E-state index in [4.69, 9.17) is 9.47 Å². The fourth-order valence-corrected chi connectivity index (χ4v) is 2.23.